The number of thiazole rings is 1. The second kappa shape index (κ2) is 7.79. The average Bonchev–Trinajstić information content (AvgIpc) is 3.33. The van der Waals surface area contributed by atoms with Crippen LogP contribution in [0.2, 0.25) is 0 Å². The number of aromatic nitrogens is 1. The van der Waals surface area contributed by atoms with Crippen molar-refractivity contribution in [1.29, 1.82) is 0 Å². The first kappa shape index (κ1) is 18.1. The molecule has 1 amide bonds. The fourth-order valence-electron chi connectivity index (χ4n) is 3.47. The van der Waals surface area contributed by atoms with Crippen molar-refractivity contribution in [3.63, 3.8) is 0 Å². The summed E-state index contributed by atoms with van der Waals surface area (Å²) in [6.45, 7) is 5.54. The Morgan fingerprint density at radius 3 is 2.78 bits per heavy atom. The summed E-state index contributed by atoms with van der Waals surface area (Å²) in [5, 5.41) is 0.773. The number of nitrogens with zero attached hydrogens (tertiary/aromatic N) is 2. The van der Waals surface area contributed by atoms with E-state index in [1.165, 1.54) is 11.1 Å². The molecule has 1 atom stereocenters. The Bertz CT molecular complexity index is 946. The lowest BCUT2D eigenvalue weighted by molar-refractivity contribution is -0.118. The first-order chi connectivity index (χ1) is 13.1. The van der Waals surface area contributed by atoms with E-state index in [1.54, 1.807) is 11.3 Å². The predicted molar refractivity (Wildman–Crippen MR) is 111 cm³/mol. The Morgan fingerprint density at radius 2 is 2.04 bits per heavy atom. The van der Waals surface area contributed by atoms with Crippen LogP contribution in [0.1, 0.15) is 29.5 Å². The van der Waals surface area contributed by atoms with Gasteiger partial charge in [-0.2, -0.15) is 0 Å². The first-order valence-electron chi connectivity index (χ1n) is 9.44. The number of rotatable bonds is 5. The Balaban J connectivity index is 1.66. The molecule has 1 fully saturated rings. The van der Waals surface area contributed by atoms with Crippen LogP contribution in [0.25, 0.3) is 10.2 Å². The van der Waals surface area contributed by atoms with E-state index in [0.29, 0.717) is 13.0 Å². The predicted octanol–water partition coefficient (Wildman–Crippen LogP) is 4.67. The third-order valence-corrected chi connectivity index (χ3v) is 6.26. The third-order valence-electron chi connectivity index (χ3n) is 5.21. The number of ether oxygens (including phenoxy) is 1. The van der Waals surface area contributed by atoms with Crippen molar-refractivity contribution in [3.8, 4) is 0 Å². The summed E-state index contributed by atoms with van der Waals surface area (Å²) in [5.74, 6) is 0.0742. The number of aryl methyl sites for hydroxylation is 2. The van der Waals surface area contributed by atoms with Crippen LogP contribution < -0.4 is 4.90 Å². The minimum absolute atomic E-state index is 0.0742. The van der Waals surface area contributed by atoms with Crippen molar-refractivity contribution in [1.82, 2.24) is 4.98 Å². The zero-order valence-electron chi connectivity index (χ0n) is 15.8. The van der Waals surface area contributed by atoms with Crippen molar-refractivity contribution in [2.75, 3.05) is 18.1 Å². The number of amides is 1. The molecule has 4 rings (SSSR count). The number of fused-ring (bicyclic) bond motifs is 1. The summed E-state index contributed by atoms with van der Waals surface area (Å²) < 4.78 is 6.93. The van der Waals surface area contributed by atoms with Crippen molar-refractivity contribution >= 4 is 32.6 Å². The van der Waals surface area contributed by atoms with E-state index in [2.05, 4.69) is 26.0 Å². The summed E-state index contributed by atoms with van der Waals surface area (Å²) in [6, 6.07) is 14.1. The van der Waals surface area contributed by atoms with Gasteiger partial charge in [0, 0.05) is 6.61 Å². The second-order valence-electron chi connectivity index (χ2n) is 7.15. The maximum Gasteiger partial charge on any atom is 0.233 e. The average molecular weight is 381 g/mol. The largest absolute Gasteiger partial charge is 0.376 e. The fourth-order valence-corrected chi connectivity index (χ4v) is 4.53. The van der Waals surface area contributed by atoms with Gasteiger partial charge >= 0.3 is 0 Å². The van der Waals surface area contributed by atoms with Gasteiger partial charge in [0.05, 0.1) is 29.3 Å². The van der Waals surface area contributed by atoms with Gasteiger partial charge in [-0.15, -0.1) is 0 Å². The topological polar surface area (TPSA) is 42.4 Å². The van der Waals surface area contributed by atoms with E-state index < -0.39 is 0 Å². The van der Waals surface area contributed by atoms with Crippen molar-refractivity contribution in [2.24, 2.45) is 0 Å². The zero-order valence-corrected chi connectivity index (χ0v) is 16.6. The van der Waals surface area contributed by atoms with Crippen LogP contribution in [-0.2, 0) is 16.0 Å². The summed E-state index contributed by atoms with van der Waals surface area (Å²) >= 11 is 1.59. The number of anilines is 1. The number of hydrogen-bond donors (Lipinski definition) is 0. The number of benzene rings is 2. The van der Waals surface area contributed by atoms with Crippen molar-refractivity contribution in [2.45, 2.75) is 39.2 Å². The molecule has 0 saturated carbocycles. The molecule has 0 bridgehead atoms. The monoisotopic (exact) mass is 380 g/mol. The lowest BCUT2D eigenvalue weighted by atomic mass is 10.1. The molecule has 1 saturated heterocycles. The van der Waals surface area contributed by atoms with E-state index >= 15 is 0 Å². The van der Waals surface area contributed by atoms with Gasteiger partial charge in [-0.05, 0) is 49.4 Å². The molecular formula is C22H24N2O2S. The molecule has 1 aliphatic heterocycles. The Kier molecular flexibility index (Phi) is 5.23. The highest BCUT2D eigenvalue weighted by Gasteiger charge is 2.26. The quantitative estimate of drug-likeness (QED) is 0.646. The summed E-state index contributed by atoms with van der Waals surface area (Å²) in [7, 11) is 0. The third kappa shape index (κ3) is 3.89. The molecule has 3 aromatic rings. The van der Waals surface area contributed by atoms with Gasteiger partial charge in [-0.25, -0.2) is 4.98 Å². The number of carbonyl (C=O) groups excluding carboxylic acids is 1. The van der Waals surface area contributed by atoms with E-state index in [9.17, 15) is 4.79 Å². The van der Waals surface area contributed by atoms with Crippen LogP contribution in [0.15, 0.2) is 42.5 Å². The Labute approximate surface area is 163 Å². The molecule has 0 aliphatic carbocycles. The lowest BCUT2D eigenvalue weighted by Gasteiger charge is -2.23. The van der Waals surface area contributed by atoms with Crippen LogP contribution in [0.4, 0.5) is 5.13 Å². The molecular weight excluding hydrogens is 356 g/mol. The summed E-state index contributed by atoms with van der Waals surface area (Å²) in [4.78, 5) is 19.8. The van der Waals surface area contributed by atoms with Crippen molar-refractivity contribution in [3.05, 3.63) is 59.2 Å². The molecule has 5 heteroatoms. The van der Waals surface area contributed by atoms with Gasteiger partial charge in [0.15, 0.2) is 5.13 Å². The molecule has 4 nitrogen and oxygen atoms in total. The van der Waals surface area contributed by atoms with E-state index in [0.717, 1.165) is 40.4 Å². The smallest absolute Gasteiger partial charge is 0.233 e. The van der Waals surface area contributed by atoms with E-state index in [4.69, 9.17) is 9.72 Å². The Morgan fingerprint density at radius 1 is 1.22 bits per heavy atom. The SMILES string of the molecule is Cc1ccc2sc(N(CC3CCCO3)C(=O)Cc3ccccc3)nc2c1C. The van der Waals surface area contributed by atoms with Crippen LogP contribution in [0.5, 0.6) is 0 Å². The maximum atomic E-state index is 13.2. The van der Waals surface area contributed by atoms with Gasteiger partial charge < -0.3 is 4.74 Å². The fraction of sp³-hybridized carbons (Fsp3) is 0.364. The highest BCUT2D eigenvalue weighted by atomic mass is 32.1. The molecule has 1 aromatic heterocycles. The maximum absolute atomic E-state index is 13.2. The minimum Gasteiger partial charge on any atom is -0.376 e. The number of hydrogen-bond acceptors (Lipinski definition) is 4. The van der Waals surface area contributed by atoms with Gasteiger partial charge in [0.2, 0.25) is 5.91 Å². The normalized spacial score (nSPS) is 16.7. The molecule has 0 radical (unpaired) electrons. The molecule has 2 aromatic carbocycles. The second-order valence-corrected chi connectivity index (χ2v) is 8.16. The van der Waals surface area contributed by atoms with Crippen molar-refractivity contribution < 1.29 is 9.53 Å². The van der Waals surface area contributed by atoms with E-state index in [1.807, 2.05) is 35.2 Å². The molecule has 1 unspecified atom stereocenters. The summed E-state index contributed by atoms with van der Waals surface area (Å²) in [6.07, 6.45) is 2.53. The molecule has 140 valence electrons. The van der Waals surface area contributed by atoms with Crippen LogP contribution in [-0.4, -0.2) is 30.1 Å². The zero-order chi connectivity index (χ0) is 18.8. The molecule has 0 N–H and O–H groups in total. The van der Waals surface area contributed by atoms with Gasteiger partial charge in [-0.3, -0.25) is 9.69 Å². The minimum atomic E-state index is 0.0742. The highest BCUT2D eigenvalue weighted by Crippen LogP contribution is 2.33. The molecule has 27 heavy (non-hydrogen) atoms. The Hall–Kier alpha value is -2.24. The highest BCUT2D eigenvalue weighted by molar-refractivity contribution is 7.22. The van der Waals surface area contributed by atoms with Gasteiger partial charge in [0.25, 0.3) is 0 Å². The van der Waals surface area contributed by atoms with Crippen LogP contribution >= 0.6 is 11.3 Å². The first-order valence-corrected chi connectivity index (χ1v) is 10.3. The summed E-state index contributed by atoms with van der Waals surface area (Å²) in [5.41, 5.74) is 4.43. The lowest BCUT2D eigenvalue weighted by Crippen LogP contribution is -2.38. The molecule has 1 aliphatic rings. The number of carbonyl (C=O) groups is 1. The van der Waals surface area contributed by atoms with E-state index in [-0.39, 0.29) is 12.0 Å². The van der Waals surface area contributed by atoms with Crippen LogP contribution in [0, 0.1) is 13.8 Å². The van der Waals surface area contributed by atoms with Gasteiger partial charge in [-0.1, -0.05) is 47.7 Å². The standard InChI is InChI=1S/C22H24N2O2S/c1-15-10-11-19-21(16(15)2)23-22(27-19)24(14-18-9-6-12-26-18)20(25)13-17-7-4-3-5-8-17/h3-5,7-8,10-11,18H,6,9,12-14H2,1-2H3. The molecule has 2 heterocycles. The van der Waals surface area contributed by atoms with Crippen LogP contribution in [0.3, 0.4) is 0 Å². The molecule has 0 spiro atoms. The van der Waals surface area contributed by atoms with Gasteiger partial charge in [0.1, 0.15) is 0 Å².